The maximum Gasteiger partial charge on any atom is 0.0714 e. The van der Waals surface area contributed by atoms with E-state index in [1.807, 2.05) is 0 Å². The molecule has 1 nitrogen and oxygen atoms in total. The fraction of sp³-hybridized carbons (Fsp3) is 0.182. The van der Waals surface area contributed by atoms with Gasteiger partial charge in [0, 0.05) is 22.2 Å². The van der Waals surface area contributed by atoms with E-state index in [0.29, 0.717) is 0 Å². The fourth-order valence-corrected chi connectivity index (χ4v) is 12.6. The lowest BCUT2D eigenvalue weighted by Crippen LogP contribution is -2.34. The van der Waals surface area contributed by atoms with Gasteiger partial charge in [-0.2, -0.15) is 0 Å². The Labute approximate surface area is 397 Å². The van der Waals surface area contributed by atoms with Gasteiger partial charge in [-0.25, -0.2) is 0 Å². The maximum absolute atomic E-state index is 2.63. The molecule has 0 fully saturated rings. The number of fused-ring (bicyclic) bond motifs is 7. The summed E-state index contributed by atoms with van der Waals surface area (Å²) in [7, 11) is 0. The van der Waals surface area contributed by atoms with E-state index in [0.717, 1.165) is 24.2 Å². The largest absolute Gasteiger partial charge is 0.309 e. The number of hydrogen-bond acceptors (Lipinski definition) is 1. The summed E-state index contributed by atoms with van der Waals surface area (Å²) in [6, 6.07) is 80.4. The molecule has 12 rings (SSSR count). The number of anilines is 3. The Kier molecular flexibility index (Phi) is 9.33. The number of para-hydroxylation sites is 1. The highest BCUT2D eigenvalue weighted by atomic mass is 15.1. The first-order valence-electron chi connectivity index (χ1n) is 24.2. The van der Waals surface area contributed by atoms with Gasteiger partial charge < -0.3 is 4.90 Å². The molecule has 3 aliphatic rings. The van der Waals surface area contributed by atoms with Crippen LogP contribution in [0.15, 0.2) is 212 Å². The van der Waals surface area contributed by atoms with Crippen molar-refractivity contribution in [3.8, 4) is 44.5 Å². The quantitative estimate of drug-likeness (QED) is 0.154. The summed E-state index contributed by atoms with van der Waals surface area (Å²) < 4.78 is 0. The van der Waals surface area contributed by atoms with Gasteiger partial charge in [-0.15, -0.1) is 0 Å². The topological polar surface area (TPSA) is 3.24 Å². The summed E-state index contributed by atoms with van der Waals surface area (Å²) in [4.78, 5) is 2.63. The Morgan fingerprint density at radius 1 is 0.328 bits per heavy atom. The fourth-order valence-electron chi connectivity index (χ4n) is 12.6. The first-order chi connectivity index (χ1) is 32.5. The zero-order chi connectivity index (χ0) is 45.7. The number of nitrogens with zero attached hydrogens (tertiary/aromatic N) is 1. The van der Waals surface area contributed by atoms with Gasteiger partial charge in [0.05, 0.1) is 16.8 Å². The third-order valence-electron chi connectivity index (χ3n) is 16.0. The summed E-state index contributed by atoms with van der Waals surface area (Å²) in [5.41, 5.74) is 23.7. The minimum atomic E-state index is -0.578. The van der Waals surface area contributed by atoms with Crippen molar-refractivity contribution < 1.29 is 0 Å². The van der Waals surface area contributed by atoms with E-state index < -0.39 is 5.41 Å². The van der Waals surface area contributed by atoms with Crippen LogP contribution in [0.5, 0.6) is 0 Å². The van der Waals surface area contributed by atoms with Crippen LogP contribution in [0, 0.1) is 0 Å². The second kappa shape index (κ2) is 15.2. The molecule has 0 aromatic heterocycles. The van der Waals surface area contributed by atoms with Gasteiger partial charge in [0.1, 0.15) is 0 Å². The monoisotopic (exact) mass is 863 g/mol. The summed E-state index contributed by atoms with van der Waals surface area (Å²) in [6.45, 7) is 14.7. The van der Waals surface area contributed by atoms with Crippen molar-refractivity contribution in [1.29, 1.82) is 0 Å². The molecule has 0 aliphatic heterocycles. The Balaban J connectivity index is 1.25. The molecule has 0 bridgehead atoms. The van der Waals surface area contributed by atoms with Crippen LogP contribution in [0.3, 0.4) is 0 Å². The third kappa shape index (κ3) is 6.13. The summed E-state index contributed by atoms with van der Waals surface area (Å²) in [6.07, 6.45) is 2.28. The highest BCUT2D eigenvalue weighted by Gasteiger charge is 2.48. The average molecular weight is 864 g/mol. The molecule has 3 aliphatic carbocycles. The lowest BCUT2D eigenvalue weighted by molar-refractivity contribution is 0.333. The van der Waals surface area contributed by atoms with E-state index in [4.69, 9.17) is 0 Å². The van der Waals surface area contributed by atoms with E-state index in [9.17, 15) is 0 Å². The molecular weight excluding hydrogens is 807 g/mol. The molecule has 0 radical (unpaired) electrons. The molecule has 0 spiro atoms. The molecule has 0 saturated carbocycles. The van der Waals surface area contributed by atoms with Gasteiger partial charge in [0.15, 0.2) is 0 Å². The van der Waals surface area contributed by atoms with Crippen molar-refractivity contribution >= 4 is 17.1 Å². The summed E-state index contributed by atoms with van der Waals surface area (Å²) in [5, 5.41) is 0. The Morgan fingerprint density at radius 3 is 1.54 bits per heavy atom. The van der Waals surface area contributed by atoms with E-state index in [-0.39, 0.29) is 16.2 Å². The van der Waals surface area contributed by atoms with Crippen LogP contribution in [0.4, 0.5) is 17.1 Å². The first kappa shape index (κ1) is 41.2. The second-order valence-corrected chi connectivity index (χ2v) is 21.1. The molecule has 326 valence electrons. The van der Waals surface area contributed by atoms with Gasteiger partial charge in [-0.05, 0) is 132 Å². The second-order valence-electron chi connectivity index (χ2n) is 21.1. The van der Waals surface area contributed by atoms with Gasteiger partial charge in [-0.1, -0.05) is 224 Å². The van der Waals surface area contributed by atoms with Gasteiger partial charge >= 0.3 is 0 Å². The zero-order valence-electron chi connectivity index (χ0n) is 39.6. The highest BCUT2D eigenvalue weighted by molar-refractivity contribution is 6.00. The van der Waals surface area contributed by atoms with Gasteiger partial charge in [-0.3, -0.25) is 0 Å². The third-order valence-corrected chi connectivity index (χ3v) is 16.0. The highest BCUT2D eigenvalue weighted by Crippen LogP contribution is 2.61. The van der Waals surface area contributed by atoms with E-state index >= 15 is 0 Å². The lowest BCUT2D eigenvalue weighted by atomic mass is 9.61. The molecule has 9 aromatic rings. The molecule has 0 atom stereocenters. The minimum absolute atomic E-state index is 0.0381. The molecule has 9 aromatic carbocycles. The van der Waals surface area contributed by atoms with Crippen LogP contribution < -0.4 is 4.90 Å². The lowest BCUT2D eigenvalue weighted by Gasteiger charge is -2.43. The predicted octanol–water partition coefficient (Wildman–Crippen LogP) is 17.5. The van der Waals surface area contributed by atoms with Crippen LogP contribution in [-0.2, 0) is 21.7 Å². The molecule has 0 amide bonds. The average Bonchev–Trinajstić information content (AvgIpc) is 3.78. The normalized spacial score (nSPS) is 16.3. The summed E-state index contributed by atoms with van der Waals surface area (Å²) in [5.74, 6) is 0. The Hall–Kier alpha value is -7.22. The predicted molar refractivity (Wildman–Crippen MR) is 282 cm³/mol. The van der Waals surface area contributed by atoms with Crippen molar-refractivity contribution in [1.82, 2.24) is 0 Å². The van der Waals surface area contributed by atoms with Crippen LogP contribution in [0.2, 0.25) is 0 Å². The smallest absolute Gasteiger partial charge is 0.0714 e. The van der Waals surface area contributed by atoms with Crippen molar-refractivity contribution in [2.75, 3.05) is 4.90 Å². The molecule has 67 heavy (non-hydrogen) atoms. The molecule has 0 heterocycles. The Bertz CT molecular complexity index is 3330. The van der Waals surface area contributed by atoms with E-state index in [1.165, 1.54) is 94.7 Å². The van der Waals surface area contributed by atoms with E-state index in [2.05, 4.69) is 259 Å². The SMILES string of the molecule is CC1(C)CCC(C)(C)c2c(-c3cc4c(cc3N(c3ccc5c(c3)C(C)(C)c3ccccc3-5)c3ccccc3-c3ccccc3)C(c3ccccc3)(c3ccccc3)c3ccccc3-4)cccc21. The first-order valence-corrected chi connectivity index (χ1v) is 24.2. The number of benzene rings is 9. The molecule has 0 N–H and O–H groups in total. The van der Waals surface area contributed by atoms with Crippen LogP contribution >= 0.6 is 0 Å². The van der Waals surface area contributed by atoms with Gasteiger partial charge in [0.2, 0.25) is 0 Å². The zero-order valence-corrected chi connectivity index (χ0v) is 39.6. The van der Waals surface area contributed by atoms with E-state index in [1.54, 1.807) is 0 Å². The number of rotatable bonds is 7. The van der Waals surface area contributed by atoms with Crippen molar-refractivity contribution in [2.45, 2.75) is 76.0 Å². The van der Waals surface area contributed by atoms with Crippen LogP contribution in [0.25, 0.3) is 44.5 Å². The molecule has 0 saturated heterocycles. The molecule has 0 unspecified atom stereocenters. The van der Waals surface area contributed by atoms with Crippen LogP contribution in [0.1, 0.15) is 98.9 Å². The molecular formula is C66H57N. The van der Waals surface area contributed by atoms with Crippen molar-refractivity contribution in [3.05, 3.63) is 257 Å². The van der Waals surface area contributed by atoms with Gasteiger partial charge in [0.25, 0.3) is 0 Å². The molecule has 1 heteroatoms. The Morgan fingerprint density at radius 2 is 0.851 bits per heavy atom. The maximum atomic E-state index is 2.63. The standard InChI is InChI=1S/C66H57N/c1-63(2)39-40-64(3,4)62-52(32-22-35-57(62)63)54-42-53-50-31-17-20-34-56(50)66(45-25-12-8-13-26-45,46-27-14-9-15-28-46)59(53)43-61(54)67(60-36-21-18-29-48(60)44-23-10-7-11-24-44)47-37-38-51-49-30-16-19-33-55(49)65(5,6)58(51)41-47/h7-38,41-43H,39-40H2,1-6H3. The minimum Gasteiger partial charge on any atom is -0.309 e. The number of hydrogen-bond donors (Lipinski definition) is 0. The van der Waals surface area contributed by atoms with Crippen molar-refractivity contribution in [3.63, 3.8) is 0 Å². The summed E-state index contributed by atoms with van der Waals surface area (Å²) >= 11 is 0. The van der Waals surface area contributed by atoms with Crippen molar-refractivity contribution in [2.24, 2.45) is 0 Å². The van der Waals surface area contributed by atoms with Crippen LogP contribution in [-0.4, -0.2) is 0 Å².